The van der Waals surface area contributed by atoms with Gasteiger partial charge in [0, 0.05) is 49.7 Å². The molecule has 1 fully saturated rings. The van der Waals surface area contributed by atoms with Gasteiger partial charge < -0.3 is 10.2 Å². The summed E-state index contributed by atoms with van der Waals surface area (Å²) >= 11 is 0. The van der Waals surface area contributed by atoms with Crippen LogP contribution in [0.2, 0.25) is 0 Å². The van der Waals surface area contributed by atoms with E-state index in [1.807, 2.05) is 12.1 Å². The minimum absolute atomic E-state index is 0.0797. The number of pyridine rings is 1. The van der Waals surface area contributed by atoms with Gasteiger partial charge in [0.25, 0.3) is 11.6 Å². The summed E-state index contributed by atoms with van der Waals surface area (Å²) < 4.78 is 0. The van der Waals surface area contributed by atoms with Crippen molar-refractivity contribution >= 4 is 11.6 Å². The molecule has 1 N–H and O–H groups in total. The van der Waals surface area contributed by atoms with Crippen LogP contribution in [0.15, 0.2) is 48.8 Å². The highest BCUT2D eigenvalue weighted by atomic mass is 16.6. The molecule has 1 amide bonds. The van der Waals surface area contributed by atoms with Gasteiger partial charge >= 0.3 is 0 Å². The highest BCUT2D eigenvalue weighted by Gasteiger charge is 2.29. The van der Waals surface area contributed by atoms with Gasteiger partial charge in [0.1, 0.15) is 0 Å². The van der Waals surface area contributed by atoms with Gasteiger partial charge in [-0.15, -0.1) is 0 Å². The normalized spacial score (nSPS) is 17.7. The summed E-state index contributed by atoms with van der Waals surface area (Å²) in [7, 11) is 0. The number of carbonyl (C=O) groups excluding carboxylic acids is 1. The fourth-order valence-electron chi connectivity index (χ4n) is 2.74. The summed E-state index contributed by atoms with van der Waals surface area (Å²) in [5.41, 5.74) is 1.19. The Morgan fingerprint density at radius 1 is 1.35 bits per heavy atom. The Morgan fingerprint density at radius 3 is 2.96 bits per heavy atom. The quantitative estimate of drug-likeness (QED) is 0.689. The van der Waals surface area contributed by atoms with E-state index >= 15 is 0 Å². The molecule has 0 spiro atoms. The van der Waals surface area contributed by atoms with Crippen LogP contribution in [0.1, 0.15) is 22.0 Å². The molecule has 1 aromatic carbocycles. The molecule has 7 heteroatoms. The standard InChI is InChI=1S/C16H16N4O3/c21-16(12-3-1-5-14(9-12)20(22)23)19-8-7-18-11-15(19)13-4-2-6-17-10-13/h1-6,9-10,15,18H,7-8,11H2. The van der Waals surface area contributed by atoms with E-state index in [1.165, 1.54) is 18.2 Å². The van der Waals surface area contributed by atoms with E-state index < -0.39 is 4.92 Å². The highest BCUT2D eigenvalue weighted by molar-refractivity contribution is 5.95. The number of non-ortho nitro benzene ring substituents is 1. The van der Waals surface area contributed by atoms with Crippen molar-refractivity contribution in [2.75, 3.05) is 19.6 Å². The van der Waals surface area contributed by atoms with Gasteiger partial charge in [-0.1, -0.05) is 12.1 Å². The zero-order valence-electron chi connectivity index (χ0n) is 12.4. The van der Waals surface area contributed by atoms with Crippen molar-refractivity contribution in [2.24, 2.45) is 0 Å². The maximum atomic E-state index is 12.8. The lowest BCUT2D eigenvalue weighted by Gasteiger charge is -2.36. The van der Waals surface area contributed by atoms with Gasteiger partial charge in [-0.2, -0.15) is 0 Å². The monoisotopic (exact) mass is 312 g/mol. The number of nitro groups is 1. The lowest BCUT2D eigenvalue weighted by Crippen LogP contribution is -2.48. The molecular weight excluding hydrogens is 296 g/mol. The number of benzene rings is 1. The van der Waals surface area contributed by atoms with Crippen LogP contribution in [0.4, 0.5) is 5.69 Å². The van der Waals surface area contributed by atoms with Crippen LogP contribution < -0.4 is 5.32 Å². The average Bonchev–Trinajstić information content (AvgIpc) is 2.62. The molecule has 1 atom stereocenters. The van der Waals surface area contributed by atoms with Crippen molar-refractivity contribution < 1.29 is 9.72 Å². The van der Waals surface area contributed by atoms with Crippen LogP contribution in [-0.4, -0.2) is 40.3 Å². The first kappa shape index (κ1) is 15.1. The molecule has 7 nitrogen and oxygen atoms in total. The first-order chi connectivity index (χ1) is 11.2. The van der Waals surface area contributed by atoms with Crippen LogP contribution in [-0.2, 0) is 0 Å². The van der Waals surface area contributed by atoms with E-state index in [1.54, 1.807) is 23.4 Å². The number of hydrogen-bond acceptors (Lipinski definition) is 5. The second-order valence-electron chi connectivity index (χ2n) is 5.31. The Hall–Kier alpha value is -2.80. The summed E-state index contributed by atoms with van der Waals surface area (Å²) in [6.45, 7) is 1.87. The van der Waals surface area contributed by atoms with Crippen LogP contribution in [0.5, 0.6) is 0 Å². The molecule has 0 aliphatic carbocycles. The fraction of sp³-hybridized carbons (Fsp3) is 0.250. The van der Waals surface area contributed by atoms with Gasteiger partial charge in [-0.25, -0.2) is 0 Å². The maximum Gasteiger partial charge on any atom is 0.270 e. The molecule has 0 saturated carbocycles. The van der Waals surface area contributed by atoms with Gasteiger partial charge in [-0.3, -0.25) is 19.9 Å². The number of carbonyl (C=O) groups is 1. The van der Waals surface area contributed by atoms with E-state index in [2.05, 4.69) is 10.3 Å². The van der Waals surface area contributed by atoms with E-state index in [0.717, 1.165) is 5.56 Å². The Balaban J connectivity index is 1.90. The third-order valence-corrected chi connectivity index (χ3v) is 3.88. The van der Waals surface area contributed by atoms with E-state index in [9.17, 15) is 14.9 Å². The Labute approximate surface area is 133 Å². The SMILES string of the molecule is O=C(c1cccc([N+](=O)[O-])c1)N1CCNCC1c1cccnc1. The fourth-order valence-corrected chi connectivity index (χ4v) is 2.74. The maximum absolute atomic E-state index is 12.8. The van der Waals surface area contributed by atoms with Crippen LogP contribution in [0, 0.1) is 10.1 Å². The van der Waals surface area contributed by atoms with Crippen molar-refractivity contribution in [1.82, 2.24) is 15.2 Å². The zero-order chi connectivity index (χ0) is 16.2. The molecule has 2 aromatic rings. The molecule has 2 heterocycles. The summed E-state index contributed by atoms with van der Waals surface area (Å²) in [6, 6.07) is 9.48. The number of nitro benzene ring substituents is 1. The van der Waals surface area contributed by atoms with Crippen LogP contribution >= 0.6 is 0 Å². The molecule has 1 saturated heterocycles. The third kappa shape index (κ3) is 3.19. The summed E-state index contributed by atoms with van der Waals surface area (Å²) in [5.74, 6) is -0.205. The van der Waals surface area contributed by atoms with Crippen molar-refractivity contribution in [1.29, 1.82) is 0 Å². The third-order valence-electron chi connectivity index (χ3n) is 3.88. The summed E-state index contributed by atoms with van der Waals surface area (Å²) in [6.07, 6.45) is 3.43. The molecular formula is C16H16N4O3. The lowest BCUT2D eigenvalue weighted by atomic mass is 10.0. The zero-order valence-corrected chi connectivity index (χ0v) is 12.4. The number of piperazine rings is 1. The molecule has 3 rings (SSSR count). The minimum atomic E-state index is -0.493. The van der Waals surface area contributed by atoms with E-state index in [0.29, 0.717) is 25.2 Å². The Morgan fingerprint density at radius 2 is 2.22 bits per heavy atom. The molecule has 1 unspecified atom stereocenters. The molecule has 118 valence electrons. The predicted molar refractivity (Wildman–Crippen MR) is 84.0 cm³/mol. The molecule has 1 aliphatic heterocycles. The van der Waals surface area contributed by atoms with Crippen LogP contribution in [0.3, 0.4) is 0 Å². The number of rotatable bonds is 3. The summed E-state index contributed by atoms with van der Waals surface area (Å²) in [4.78, 5) is 29.1. The summed E-state index contributed by atoms with van der Waals surface area (Å²) in [5, 5.41) is 14.2. The van der Waals surface area contributed by atoms with Gasteiger partial charge in [-0.05, 0) is 17.7 Å². The second kappa shape index (κ2) is 6.53. The van der Waals surface area contributed by atoms with Gasteiger partial charge in [0.05, 0.1) is 11.0 Å². The Bertz CT molecular complexity index is 720. The number of amides is 1. The first-order valence-electron chi connectivity index (χ1n) is 7.33. The van der Waals surface area contributed by atoms with Crippen molar-refractivity contribution in [3.8, 4) is 0 Å². The number of nitrogens with zero attached hydrogens (tertiary/aromatic N) is 3. The Kier molecular flexibility index (Phi) is 4.29. The van der Waals surface area contributed by atoms with Crippen molar-refractivity contribution in [2.45, 2.75) is 6.04 Å². The molecule has 0 radical (unpaired) electrons. The molecule has 0 bridgehead atoms. The van der Waals surface area contributed by atoms with Crippen LogP contribution in [0.25, 0.3) is 0 Å². The topological polar surface area (TPSA) is 88.4 Å². The van der Waals surface area contributed by atoms with Gasteiger partial charge in [0.15, 0.2) is 0 Å². The van der Waals surface area contributed by atoms with Crippen molar-refractivity contribution in [3.63, 3.8) is 0 Å². The number of nitrogens with one attached hydrogen (secondary N) is 1. The molecule has 1 aliphatic rings. The largest absolute Gasteiger partial charge is 0.329 e. The predicted octanol–water partition coefficient (Wildman–Crippen LogP) is 1.78. The molecule has 1 aromatic heterocycles. The van der Waals surface area contributed by atoms with E-state index in [4.69, 9.17) is 0 Å². The van der Waals surface area contributed by atoms with E-state index in [-0.39, 0.29) is 17.6 Å². The first-order valence-corrected chi connectivity index (χ1v) is 7.33. The minimum Gasteiger partial charge on any atom is -0.329 e. The van der Waals surface area contributed by atoms with Gasteiger partial charge in [0.2, 0.25) is 0 Å². The van der Waals surface area contributed by atoms with Crippen molar-refractivity contribution in [3.05, 3.63) is 70.0 Å². The highest BCUT2D eigenvalue weighted by Crippen LogP contribution is 2.24. The molecule has 23 heavy (non-hydrogen) atoms. The number of aromatic nitrogens is 1. The smallest absolute Gasteiger partial charge is 0.270 e. The number of hydrogen-bond donors (Lipinski definition) is 1. The lowest BCUT2D eigenvalue weighted by molar-refractivity contribution is -0.384. The second-order valence-corrected chi connectivity index (χ2v) is 5.31. The average molecular weight is 312 g/mol.